The summed E-state index contributed by atoms with van der Waals surface area (Å²) in [5.41, 5.74) is -0.517. The van der Waals surface area contributed by atoms with Gasteiger partial charge < -0.3 is 19.7 Å². The van der Waals surface area contributed by atoms with E-state index in [1.807, 2.05) is 0 Å². The molecule has 0 saturated heterocycles. The average molecular weight is 384 g/mol. The van der Waals surface area contributed by atoms with Crippen LogP contribution in [0.3, 0.4) is 0 Å². The molecule has 0 aliphatic heterocycles. The van der Waals surface area contributed by atoms with Crippen LogP contribution >= 0.6 is 0 Å². The summed E-state index contributed by atoms with van der Waals surface area (Å²) in [5.74, 6) is -2.29. The maximum atomic E-state index is 15.3. The van der Waals surface area contributed by atoms with Crippen LogP contribution in [-0.2, 0) is 4.74 Å². The van der Waals surface area contributed by atoms with Crippen LogP contribution in [0.25, 0.3) is 32.8 Å². The van der Waals surface area contributed by atoms with Gasteiger partial charge in [-0.15, -0.1) is 0 Å². The second-order valence-electron chi connectivity index (χ2n) is 6.03. The molecule has 0 amide bonds. The molecular formula is C20H14F2N2O4. The van der Waals surface area contributed by atoms with Gasteiger partial charge in [0.2, 0.25) is 5.88 Å². The summed E-state index contributed by atoms with van der Waals surface area (Å²) in [6, 6.07) is 10.4. The SMILES string of the molecule is COCOc1cc(-c2c(F)cc3c(O)nc(O)nc3c2F)c2ccccc2c1. The molecule has 28 heavy (non-hydrogen) atoms. The lowest BCUT2D eigenvalue weighted by Gasteiger charge is -2.14. The van der Waals surface area contributed by atoms with Gasteiger partial charge in [0.05, 0.1) is 10.9 Å². The van der Waals surface area contributed by atoms with E-state index in [0.29, 0.717) is 16.5 Å². The first-order chi connectivity index (χ1) is 13.5. The fourth-order valence-corrected chi connectivity index (χ4v) is 3.12. The van der Waals surface area contributed by atoms with Gasteiger partial charge in [0.1, 0.15) is 17.1 Å². The normalized spacial score (nSPS) is 11.2. The van der Waals surface area contributed by atoms with Crippen LogP contribution in [0.5, 0.6) is 17.6 Å². The molecule has 0 aliphatic rings. The van der Waals surface area contributed by atoms with E-state index < -0.39 is 29.0 Å². The van der Waals surface area contributed by atoms with Gasteiger partial charge in [-0.1, -0.05) is 24.3 Å². The quantitative estimate of drug-likeness (QED) is 0.515. The third-order valence-corrected chi connectivity index (χ3v) is 4.30. The summed E-state index contributed by atoms with van der Waals surface area (Å²) in [6.45, 7) is -0.0323. The smallest absolute Gasteiger partial charge is 0.317 e. The van der Waals surface area contributed by atoms with Gasteiger partial charge in [0.25, 0.3) is 0 Å². The highest BCUT2D eigenvalue weighted by atomic mass is 19.1. The molecular weight excluding hydrogens is 370 g/mol. The van der Waals surface area contributed by atoms with Crippen LogP contribution in [0.2, 0.25) is 0 Å². The van der Waals surface area contributed by atoms with E-state index >= 15 is 4.39 Å². The lowest BCUT2D eigenvalue weighted by atomic mass is 9.96. The zero-order chi connectivity index (χ0) is 19.8. The topological polar surface area (TPSA) is 84.7 Å². The predicted octanol–water partition coefficient (Wildman–Crippen LogP) is 4.12. The monoisotopic (exact) mass is 384 g/mol. The Morgan fingerprint density at radius 1 is 1.00 bits per heavy atom. The van der Waals surface area contributed by atoms with Crippen molar-refractivity contribution >= 4 is 21.7 Å². The molecule has 6 nitrogen and oxygen atoms in total. The Bertz CT molecular complexity index is 1210. The molecule has 0 atom stereocenters. The molecule has 2 N–H and O–H groups in total. The number of benzene rings is 3. The summed E-state index contributed by atoms with van der Waals surface area (Å²) < 4.78 is 40.5. The van der Waals surface area contributed by atoms with E-state index in [9.17, 15) is 14.6 Å². The minimum Gasteiger partial charge on any atom is -0.493 e. The van der Waals surface area contributed by atoms with Gasteiger partial charge in [0.15, 0.2) is 12.6 Å². The lowest BCUT2D eigenvalue weighted by Crippen LogP contribution is -2.00. The van der Waals surface area contributed by atoms with Crippen molar-refractivity contribution < 1.29 is 28.5 Å². The van der Waals surface area contributed by atoms with E-state index in [2.05, 4.69) is 9.97 Å². The molecule has 0 bridgehead atoms. The highest BCUT2D eigenvalue weighted by molar-refractivity contribution is 6.00. The van der Waals surface area contributed by atoms with Gasteiger partial charge in [0, 0.05) is 7.11 Å². The van der Waals surface area contributed by atoms with Crippen molar-refractivity contribution in [1.82, 2.24) is 9.97 Å². The number of halogens is 2. The summed E-state index contributed by atoms with van der Waals surface area (Å²) >= 11 is 0. The third kappa shape index (κ3) is 2.93. The minimum absolute atomic E-state index is 0.0323. The number of hydrogen-bond acceptors (Lipinski definition) is 6. The Labute approximate surface area is 157 Å². The Kier molecular flexibility index (Phi) is 4.40. The molecule has 142 valence electrons. The number of methoxy groups -OCH3 is 1. The number of ether oxygens (including phenoxy) is 2. The second-order valence-corrected chi connectivity index (χ2v) is 6.03. The van der Waals surface area contributed by atoms with Crippen molar-refractivity contribution in [3.63, 3.8) is 0 Å². The minimum atomic E-state index is -1.03. The van der Waals surface area contributed by atoms with Crippen molar-refractivity contribution in [3.05, 3.63) is 54.1 Å². The third-order valence-electron chi connectivity index (χ3n) is 4.30. The fourth-order valence-electron chi connectivity index (χ4n) is 3.12. The molecule has 4 rings (SSSR count). The molecule has 1 heterocycles. The van der Waals surface area contributed by atoms with Crippen LogP contribution in [0, 0.1) is 11.6 Å². The highest BCUT2D eigenvalue weighted by Gasteiger charge is 2.22. The summed E-state index contributed by atoms with van der Waals surface area (Å²) in [4.78, 5) is 6.92. The first kappa shape index (κ1) is 17.9. The van der Waals surface area contributed by atoms with E-state index in [4.69, 9.17) is 9.47 Å². The standard InChI is InChI=1S/C20H14F2N2O4/c1-27-9-28-11-6-10-4-2-3-5-12(10)13(7-11)16-15(21)8-14-18(17(16)22)23-20(26)24-19(14)25/h2-8H,9H2,1H3,(H2,23,24,25,26). The first-order valence-corrected chi connectivity index (χ1v) is 8.22. The van der Waals surface area contributed by atoms with Crippen LogP contribution < -0.4 is 4.74 Å². The van der Waals surface area contributed by atoms with Crippen molar-refractivity contribution in [2.75, 3.05) is 13.9 Å². The van der Waals surface area contributed by atoms with Gasteiger partial charge in [-0.3, -0.25) is 0 Å². The number of fused-ring (bicyclic) bond motifs is 2. The Balaban J connectivity index is 2.06. The summed E-state index contributed by atoms with van der Waals surface area (Å²) in [6.07, 6.45) is 0. The maximum absolute atomic E-state index is 15.3. The van der Waals surface area contributed by atoms with E-state index in [1.165, 1.54) is 13.2 Å². The van der Waals surface area contributed by atoms with Gasteiger partial charge in [-0.2, -0.15) is 9.97 Å². The lowest BCUT2D eigenvalue weighted by molar-refractivity contribution is 0.0512. The maximum Gasteiger partial charge on any atom is 0.317 e. The van der Waals surface area contributed by atoms with Crippen molar-refractivity contribution in [2.24, 2.45) is 0 Å². The molecule has 0 radical (unpaired) electrons. The first-order valence-electron chi connectivity index (χ1n) is 8.22. The van der Waals surface area contributed by atoms with Crippen LogP contribution in [0.4, 0.5) is 8.78 Å². The molecule has 1 aromatic heterocycles. The van der Waals surface area contributed by atoms with E-state index in [-0.39, 0.29) is 23.3 Å². The van der Waals surface area contributed by atoms with Crippen molar-refractivity contribution in [1.29, 1.82) is 0 Å². The van der Waals surface area contributed by atoms with E-state index in [1.54, 1.807) is 30.3 Å². The molecule has 0 saturated carbocycles. The Hall–Kier alpha value is -3.52. The number of aromatic hydroxyl groups is 2. The molecule has 0 fully saturated rings. The zero-order valence-electron chi connectivity index (χ0n) is 14.6. The van der Waals surface area contributed by atoms with Crippen LogP contribution in [-0.4, -0.2) is 34.1 Å². The number of rotatable bonds is 4. The second kappa shape index (κ2) is 6.90. The Morgan fingerprint density at radius 3 is 2.57 bits per heavy atom. The molecule has 0 unspecified atom stereocenters. The fraction of sp³-hybridized carbons (Fsp3) is 0.100. The number of hydrogen-bond donors (Lipinski definition) is 2. The zero-order valence-corrected chi connectivity index (χ0v) is 14.6. The van der Waals surface area contributed by atoms with Crippen molar-refractivity contribution in [2.45, 2.75) is 0 Å². The molecule has 8 heteroatoms. The predicted molar refractivity (Wildman–Crippen MR) is 98.2 cm³/mol. The highest BCUT2D eigenvalue weighted by Crippen LogP contribution is 2.39. The molecule has 0 spiro atoms. The van der Waals surface area contributed by atoms with Gasteiger partial charge in [-0.05, 0) is 34.5 Å². The molecule has 4 aromatic rings. The molecule has 0 aliphatic carbocycles. The van der Waals surface area contributed by atoms with Crippen LogP contribution in [0.1, 0.15) is 0 Å². The largest absolute Gasteiger partial charge is 0.493 e. The number of aromatic nitrogens is 2. The van der Waals surface area contributed by atoms with Crippen molar-refractivity contribution in [3.8, 4) is 28.8 Å². The van der Waals surface area contributed by atoms with Gasteiger partial charge >= 0.3 is 6.01 Å². The Morgan fingerprint density at radius 2 is 1.79 bits per heavy atom. The van der Waals surface area contributed by atoms with Crippen LogP contribution in [0.15, 0.2) is 42.5 Å². The number of nitrogens with zero attached hydrogens (tertiary/aromatic N) is 2. The van der Waals surface area contributed by atoms with E-state index in [0.717, 1.165) is 6.07 Å². The van der Waals surface area contributed by atoms with Gasteiger partial charge in [-0.25, -0.2) is 8.78 Å². The molecule has 3 aromatic carbocycles. The summed E-state index contributed by atoms with van der Waals surface area (Å²) in [5, 5.41) is 20.4. The summed E-state index contributed by atoms with van der Waals surface area (Å²) in [7, 11) is 1.46. The average Bonchev–Trinajstić information content (AvgIpc) is 2.67.